The van der Waals surface area contributed by atoms with Crippen molar-refractivity contribution in [3.8, 4) is 67.1 Å². The maximum Gasteiger partial charge on any atom is 0.336 e. The Kier molecular flexibility index (Phi) is 27.9. The summed E-state index contributed by atoms with van der Waals surface area (Å²) in [7, 11) is 0. The zero-order valence-corrected chi connectivity index (χ0v) is 77.3. The zero-order chi connectivity index (χ0) is 95.1. The third kappa shape index (κ3) is 20.4. The molecule has 0 aliphatic carbocycles. The van der Waals surface area contributed by atoms with Crippen LogP contribution in [0.2, 0.25) is 0 Å². The van der Waals surface area contributed by atoms with Crippen LogP contribution in [-0.4, -0.2) is 62.2 Å². The first kappa shape index (κ1) is 91.5. The SMILES string of the molecule is CC(=O)CCCOc1ccc(-c2c3ccccc3cc3ccccc23)cc1.CC(=O)COc1ccc(-c2c3ccccc3cc3ccccc23)cc1.O=C(O)c1c2ccccc2cc2ccccc12.O=C(O)c1ccc(-c2c3ccccc3cc3ccccc23)cc1.O=C(O)c1ccc(-c2ccc(-c3c4ccccc4cc4ccccc34)cc2)cc1.S=C(S)c1c2ccccc2cc2ccccc12. The van der Waals surface area contributed by atoms with Gasteiger partial charge in [0.25, 0.3) is 0 Å². The van der Waals surface area contributed by atoms with Gasteiger partial charge in [-0.2, -0.15) is 0 Å². The number of thiol groups is 1. The lowest BCUT2D eigenvalue weighted by atomic mass is 9.91. The van der Waals surface area contributed by atoms with Crippen molar-refractivity contribution in [1.82, 2.24) is 0 Å². The summed E-state index contributed by atoms with van der Waals surface area (Å²) < 4.78 is 11.9. The Labute approximate surface area is 809 Å². The number of thiocarbonyl (C=S) groups is 1. The molecule has 23 aromatic rings. The summed E-state index contributed by atoms with van der Waals surface area (Å²) in [5.41, 5.74) is 13.5. The number of hydrogen-bond donors (Lipinski definition) is 4. The van der Waals surface area contributed by atoms with Crippen molar-refractivity contribution in [2.24, 2.45) is 0 Å². The van der Waals surface area contributed by atoms with E-state index in [4.69, 9.17) is 31.9 Å². The quantitative estimate of drug-likeness (QED) is 0.0297. The van der Waals surface area contributed by atoms with Gasteiger partial charge in [-0.3, -0.25) is 4.79 Å². The molecule has 0 radical (unpaired) electrons. The second-order valence-electron chi connectivity index (χ2n) is 33.8. The van der Waals surface area contributed by atoms with E-state index >= 15 is 0 Å². The smallest absolute Gasteiger partial charge is 0.336 e. The Morgan fingerprint density at radius 3 is 0.674 bits per heavy atom. The van der Waals surface area contributed by atoms with Crippen LogP contribution >= 0.6 is 24.8 Å². The van der Waals surface area contributed by atoms with Crippen LogP contribution in [0, 0.1) is 0 Å². The van der Waals surface area contributed by atoms with E-state index in [-0.39, 0.29) is 18.2 Å². The number of aromatic carboxylic acids is 3. The van der Waals surface area contributed by atoms with E-state index in [2.05, 4.69) is 286 Å². The number of hydrogen-bond acceptors (Lipinski definition) is 8. The van der Waals surface area contributed by atoms with Crippen molar-refractivity contribution in [1.29, 1.82) is 0 Å². The monoisotopic (exact) mass is 1830 g/mol. The molecule has 23 aromatic carbocycles. The molecular formula is C126H92O10S2. The maximum atomic E-state index is 11.4. The molecule has 0 unspecified atom stereocenters. The average molecular weight is 1830 g/mol. The molecule has 0 saturated heterocycles. The molecule has 0 saturated carbocycles. The summed E-state index contributed by atoms with van der Waals surface area (Å²) >= 11 is 9.65. The number of carbonyl (C=O) groups excluding carboxylic acids is 2. The standard InChI is InChI=1S/C27H18O2.C25H22O2.C23H18O2.C21H14O2.C15H10O2.C15H10S2/c28-27(29)21-15-11-19(12-16-21)18-9-13-20(14-10-18)26-24-7-3-1-5-22(24)17-23-6-2-4-8-25(23)26;1-18(26)7-6-16-27-22-14-12-19(13-15-22)25-23-10-4-2-8-20(23)17-21-9-3-5-11-24(21)25;1-16(24)15-25-20-12-10-17(11-13-20)23-21-8-4-2-6-18(21)14-19-7-3-5-9-22(19)23;22-21(23)15-11-9-14(10-12-15)20-18-7-3-1-5-16(18)13-17-6-2-4-8-19(17)20;2*16-15(17)14-12-7-3-1-5-10(12)9-11-6-2-4-8-13(11)14/h1-17H,(H,28,29);2-5,8-15,17H,6-7,16H2,1H3;2-14H,15H2,1H3;1-13H,(H,22,23);2*1-9H,(H,16,17). The van der Waals surface area contributed by atoms with Crippen LogP contribution in [0.4, 0.5) is 0 Å². The molecule has 0 heterocycles. The van der Waals surface area contributed by atoms with Gasteiger partial charge >= 0.3 is 17.9 Å². The van der Waals surface area contributed by atoms with Crippen LogP contribution in [0.3, 0.4) is 0 Å². The Morgan fingerprint density at radius 1 is 0.239 bits per heavy atom. The van der Waals surface area contributed by atoms with Crippen LogP contribution in [0.25, 0.3) is 185 Å². The van der Waals surface area contributed by atoms with Crippen LogP contribution in [0.1, 0.15) is 63.3 Å². The zero-order valence-electron chi connectivity index (χ0n) is 75.6. The lowest BCUT2D eigenvalue weighted by Gasteiger charge is -2.13. The lowest BCUT2D eigenvalue weighted by Crippen LogP contribution is -2.06. The normalized spacial score (nSPS) is 10.9. The van der Waals surface area contributed by atoms with Gasteiger partial charge in [-0.25, -0.2) is 14.4 Å². The van der Waals surface area contributed by atoms with Crippen LogP contribution in [-0.2, 0) is 9.59 Å². The van der Waals surface area contributed by atoms with Gasteiger partial charge in [0.2, 0.25) is 0 Å². The first-order chi connectivity index (χ1) is 67.4. The molecule has 0 aromatic heterocycles. The fourth-order valence-corrected chi connectivity index (χ4v) is 18.8. The van der Waals surface area contributed by atoms with Gasteiger partial charge < -0.3 is 29.6 Å². The Morgan fingerprint density at radius 2 is 0.442 bits per heavy atom. The minimum Gasteiger partial charge on any atom is -0.494 e. The maximum absolute atomic E-state index is 11.4. The average Bonchev–Trinajstić information content (AvgIpc) is 0.780. The first-order valence-corrected chi connectivity index (χ1v) is 46.4. The highest BCUT2D eigenvalue weighted by molar-refractivity contribution is 8.12. The predicted molar refractivity (Wildman–Crippen MR) is 579 cm³/mol. The van der Waals surface area contributed by atoms with Gasteiger partial charge in [-0.1, -0.05) is 376 Å². The van der Waals surface area contributed by atoms with E-state index in [1.807, 2.05) is 152 Å². The van der Waals surface area contributed by atoms with Gasteiger partial charge in [0, 0.05) is 12.0 Å². The third-order valence-corrected chi connectivity index (χ3v) is 25.2. The molecule has 668 valence electrons. The minimum absolute atomic E-state index is 0.0177. The molecule has 12 heteroatoms. The van der Waals surface area contributed by atoms with Crippen LogP contribution in [0.5, 0.6) is 11.5 Å². The van der Waals surface area contributed by atoms with Crippen molar-refractivity contribution in [2.75, 3.05) is 13.2 Å². The second kappa shape index (κ2) is 42.0. The fourth-order valence-electron chi connectivity index (χ4n) is 18.3. The highest BCUT2D eigenvalue weighted by Crippen LogP contribution is 2.43. The highest BCUT2D eigenvalue weighted by Gasteiger charge is 2.19. The summed E-state index contributed by atoms with van der Waals surface area (Å²) in [6.45, 7) is 3.81. The number of carbonyl (C=O) groups is 5. The van der Waals surface area contributed by atoms with E-state index in [0.29, 0.717) is 39.7 Å². The van der Waals surface area contributed by atoms with Crippen molar-refractivity contribution < 1.29 is 48.8 Å². The minimum atomic E-state index is -0.908. The van der Waals surface area contributed by atoms with Gasteiger partial charge in [0.1, 0.15) is 23.9 Å². The van der Waals surface area contributed by atoms with Crippen molar-refractivity contribution in [3.05, 3.63) is 471 Å². The Balaban J connectivity index is 0.000000111. The molecular weight excluding hydrogens is 1740 g/mol. The number of carboxylic acids is 3. The largest absolute Gasteiger partial charge is 0.494 e. The number of benzene rings is 23. The lowest BCUT2D eigenvalue weighted by molar-refractivity contribution is -0.119. The number of Topliss-reactive ketones (excluding diaryl/α,β-unsaturated/α-hetero) is 2. The molecule has 138 heavy (non-hydrogen) atoms. The molecule has 0 amide bonds. The van der Waals surface area contributed by atoms with Gasteiger partial charge in [-0.15, -0.1) is 12.6 Å². The summed E-state index contributed by atoms with van der Waals surface area (Å²) in [6, 6.07) is 151. The molecule has 0 aliphatic rings. The van der Waals surface area contributed by atoms with Crippen LogP contribution in [0.15, 0.2) is 449 Å². The molecule has 3 N–H and O–H groups in total. The summed E-state index contributed by atoms with van der Waals surface area (Å²) in [4.78, 5) is 55.7. The number of rotatable bonds is 17. The first-order valence-electron chi connectivity index (χ1n) is 45.6. The van der Waals surface area contributed by atoms with E-state index in [9.17, 15) is 29.1 Å². The van der Waals surface area contributed by atoms with Crippen molar-refractivity contribution >= 4 is 188 Å². The summed E-state index contributed by atoms with van der Waals surface area (Å²) in [5, 5.41) is 55.4. The summed E-state index contributed by atoms with van der Waals surface area (Å²) in [5.74, 6) is -0.914. The van der Waals surface area contributed by atoms with Gasteiger partial charge in [0.05, 0.1) is 27.5 Å². The number of ketones is 2. The van der Waals surface area contributed by atoms with E-state index in [0.717, 1.165) is 67.1 Å². The molecule has 0 aliphatic heterocycles. The van der Waals surface area contributed by atoms with Crippen molar-refractivity contribution in [2.45, 2.75) is 26.7 Å². The second-order valence-corrected chi connectivity index (χ2v) is 35.0. The van der Waals surface area contributed by atoms with Crippen LogP contribution < -0.4 is 9.47 Å². The summed E-state index contributed by atoms with van der Waals surface area (Å²) in [6.07, 6.45) is 1.32. The van der Waals surface area contributed by atoms with Gasteiger partial charge in [0.15, 0.2) is 5.78 Å². The number of fused-ring (bicyclic) bond motifs is 12. The van der Waals surface area contributed by atoms with Gasteiger partial charge in [-0.05, 0) is 290 Å². The topological polar surface area (TPSA) is 165 Å². The molecule has 0 spiro atoms. The molecule has 23 rings (SSSR count). The number of carboxylic acid groups (broad SMARTS) is 3. The highest BCUT2D eigenvalue weighted by atomic mass is 32.1. The molecule has 0 fully saturated rings. The van der Waals surface area contributed by atoms with E-state index in [1.54, 1.807) is 31.2 Å². The molecule has 0 atom stereocenters. The number of ether oxygens (including phenoxy) is 2. The van der Waals surface area contributed by atoms with Crippen molar-refractivity contribution in [3.63, 3.8) is 0 Å². The van der Waals surface area contributed by atoms with E-state index in [1.165, 1.54) is 142 Å². The Bertz CT molecular complexity index is 8120. The fraction of sp³-hybridized carbons (Fsp3) is 0.0476. The Hall–Kier alpha value is -17.0. The molecule has 0 bridgehead atoms. The van der Waals surface area contributed by atoms with E-state index < -0.39 is 17.9 Å². The predicted octanol–water partition coefficient (Wildman–Crippen LogP) is 32.7. The molecule has 10 nitrogen and oxygen atoms in total. The third-order valence-electron chi connectivity index (χ3n) is 24.8.